The Bertz CT molecular complexity index is 446. The molecule has 0 unspecified atom stereocenters. The van der Waals surface area contributed by atoms with E-state index in [0.717, 1.165) is 24.5 Å². The van der Waals surface area contributed by atoms with Crippen molar-refractivity contribution in [1.82, 2.24) is 20.0 Å². The molecule has 0 aromatic carbocycles. The predicted molar refractivity (Wildman–Crippen MR) is 59.7 cm³/mol. The van der Waals surface area contributed by atoms with Crippen LogP contribution in [0.3, 0.4) is 0 Å². The Balaban J connectivity index is 1.84. The van der Waals surface area contributed by atoms with E-state index in [2.05, 4.69) is 26.9 Å². The first kappa shape index (κ1) is 10.9. The third-order valence-corrected chi connectivity index (χ3v) is 2.43. The third-order valence-electron chi connectivity index (χ3n) is 2.43. The number of nitrogens with zero attached hydrogens (tertiary/aromatic N) is 3. The van der Waals surface area contributed by atoms with Gasteiger partial charge in [0, 0.05) is 31.9 Å². The number of hydrogen-bond acceptors (Lipinski definition) is 4. The van der Waals surface area contributed by atoms with Gasteiger partial charge < -0.3 is 14.4 Å². The first-order valence-corrected chi connectivity index (χ1v) is 5.41. The van der Waals surface area contributed by atoms with Crippen LogP contribution in [-0.4, -0.2) is 14.7 Å². The quantitative estimate of drug-likeness (QED) is 0.829. The maximum absolute atomic E-state index is 4.99. The fraction of sp³-hybridized carbons (Fsp3) is 0.455. The van der Waals surface area contributed by atoms with Crippen LogP contribution in [0.5, 0.6) is 0 Å². The van der Waals surface area contributed by atoms with Gasteiger partial charge in [0.2, 0.25) is 0 Å². The van der Waals surface area contributed by atoms with Crippen molar-refractivity contribution in [3.63, 3.8) is 0 Å². The van der Waals surface area contributed by atoms with E-state index in [-0.39, 0.29) is 0 Å². The van der Waals surface area contributed by atoms with Crippen molar-refractivity contribution in [3.05, 3.63) is 35.7 Å². The molecule has 0 aliphatic carbocycles. The van der Waals surface area contributed by atoms with Crippen LogP contribution in [-0.2, 0) is 19.6 Å². The molecule has 0 aliphatic rings. The molecule has 0 amide bonds. The number of imidazole rings is 1. The van der Waals surface area contributed by atoms with Gasteiger partial charge in [-0.1, -0.05) is 5.16 Å². The lowest BCUT2D eigenvalue weighted by Gasteiger charge is -2.05. The van der Waals surface area contributed by atoms with Gasteiger partial charge in [0.15, 0.2) is 0 Å². The molecule has 0 atom stereocenters. The third kappa shape index (κ3) is 2.49. The summed E-state index contributed by atoms with van der Waals surface area (Å²) >= 11 is 0. The molecule has 16 heavy (non-hydrogen) atoms. The fourth-order valence-corrected chi connectivity index (χ4v) is 1.60. The molecule has 86 valence electrons. The molecule has 2 heterocycles. The molecule has 0 bridgehead atoms. The van der Waals surface area contributed by atoms with E-state index in [1.54, 1.807) is 0 Å². The second-order valence-corrected chi connectivity index (χ2v) is 3.70. The zero-order valence-corrected chi connectivity index (χ0v) is 9.60. The zero-order chi connectivity index (χ0) is 11.4. The predicted octanol–water partition coefficient (Wildman–Crippen LogP) is 1.49. The van der Waals surface area contributed by atoms with Gasteiger partial charge in [-0.2, -0.15) is 0 Å². The van der Waals surface area contributed by atoms with Crippen LogP contribution in [0.15, 0.2) is 23.1 Å². The molecule has 2 aromatic heterocycles. The normalized spacial score (nSPS) is 10.9. The summed E-state index contributed by atoms with van der Waals surface area (Å²) in [6.45, 7) is 6.45. The van der Waals surface area contributed by atoms with Crippen molar-refractivity contribution in [3.8, 4) is 0 Å². The summed E-state index contributed by atoms with van der Waals surface area (Å²) in [5, 5.41) is 7.23. The van der Waals surface area contributed by atoms with Crippen LogP contribution in [0.1, 0.15) is 24.1 Å². The Morgan fingerprint density at radius 3 is 3.00 bits per heavy atom. The Labute approximate surface area is 94.5 Å². The van der Waals surface area contributed by atoms with Crippen LogP contribution in [0.2, 0.25) is 0 Å². The second kappa shape index (κ2) is 4.94. The Morgan fingerprint density at radius 1 is 1.44 bits per heavy atom. The van der Waals surface area contributed by atoms with Gasteiger partial charge in [0.1, 0.15) is 5.76 Å². The first-order valence-electron chi connectivity index (χ1n) is 5.41. The summed E-state index contributed by atoms with van der Waals surface area (Å²) in [4.78, 5) is 4.11. The van der Waals surface area contributed by atoms with Crippen molar-refractivity contribution in [2.45, 2.75) is 33.5 Å². The van der Waals surface area contributed by atoms with Gasteiger partial charge in [-0.15, -0.1) is 0 Å². The Kier molecular flexibility index (Phi) is 3.36. The van der Waals surface area contributed by atoms with E-state index in [1.165, 1.54) is 5.69 Å². The average Bonchev–Trinajstić information content (AvgIpc) is 2.87. The standard InChI is InChI=1S/C11H16N4O/c1-3-15-8-13-7-11(15)6-12-5-10-4-9(2)16-14-10/h4,7-8,12H,3,5-6H2,1-2H3. The molecule has 2 rings (SSSR count). The second-order valence-electron chi connectivity index (χ2n) is 3.70. The highest BCUT2D eigenvalue weighted by atomic mass is 16.5. The summed E-state index contributed by atoms with van der Waals surface area (Å²) in [5.74, 6) is 0.843. The molecular weight excluding hydrogens is 204 g/mol. The van der Waals surface area contributed by atoms with Gasteiger partial charge in [0.05, 0.1) is 17.7 Å². The molecular formula is C11H16N4O. The average molecular weight is 220 g/mol. The number of rotatable bonds is 5. The highest BCUT2D eigenvalue weighted by Crippen LogP contribution is 2.02. The van der Waals surface area contributed by atoms with Gasteiger partial charge in [-0.05, 0) is 13.8 Å². The molecule has 0 fully saturated rings. The molecule has 0 aliphatic heterocycles. The number of aryl methyl sites for hydroxylation is 2. The van der Waals surface area contributed by atoms with Crippen LogP contribution in [0.4, 0.5) is 0 Å². The van der Waals surface area contributed by atoms with E-state index in [1.807, 2.05) is 25.5 Å². The molecule has 0 saturated heterocycles. The molecule has 0 radical (unpaired) electrons. The van der Waals surface area contributed by atoms with Gasteiger partial charge >= 0.3 is 0 Å². The maximum Gasteiger partial charge on any atom is 0.133 e. The van der Waals surface area contributed by atoms with Crippen molar-refractivity contribution in [2.24, 2.45) is 0 Å². The summed E-state index contributed by atoms with van der Waals surface area (Å²) < 4.78 is 7.10. The van der Waals surface area contributed by atoms with E-state index in [4.69, 9.17) is 4.52 Å². The molecule has 0 saturated carbocycles. The fourth-order valence-electron chi connectivity index (χ4n) is 1.60. The minimum Gasteiger partial charge on any atom is -0.361 e. The van der Waals surface area contributed by atoms with Crippen molar-refractivity contribution < 1.29 is 4.52 Å². The monoisotopic (exact) mass is 220 g/mol. The molecule has 5 nitrogen and oxygen atoms in total. The van der Waals surface area contributed by atoms with Gasteiger partial charge in [-0.25, -0.2) is 4.98 Å². The maximum atomic E-state index is 4.99. The minimum atomic E-state index is 0.715. The molecule has 1 N–H and O–H groups in total. The summed E-state index contributed by atoms with van der Waals surface area (Å²) in [7, 11) is 0. The van der Waals surface area contributed by atoms with Crippen molar-refractivity contribution >= 4 is 0 Å². The first-order chi connectivity index (χ1) is 7.79. The largest absolute Gasteiger partial charge is 0.361 e. The topological polar surface area (TPSA) is 55.9 Å². The highest BCUT2D eigenvalue weighted by Gasteiger charge is 2.02. The summed E-state index contributed by atoms with van der Waals surface area (Å²) in [6.07, 6.45) is 3.72. The highest BCUT2D eigenvalue weighted by molar-refractivity contribution is 5.04. The van der Waals surface area contributed by atoms with Crippen LogP contribution in [0.25, 0.3) is 0 Å². The van der Waals surface area contributed by atoms with Crippen molar-refractivity contribution in [1.29, 1.82) is 0 Å². The molecule has 2 aromatic rings. The van der Waals surface area contributed by atoms with Crippen molar-refractivity contribution in [2.75, 3.05) is 0 Å². The van der Waals surface area contributed by atoms with Crippen LogP contribution in [0, 0.1) is 6.92 Å². The van der Waals surface area contributed by atoms with Crippen LogP contribution < -0.4 is 5.32 Å². The Hall–Kier alpha value is -1.62. The molecule has 5 heteroatoms. The zero-order valence-electron chi connectivity index (χ0n) is 9.60. The summed E-state index contributed by atoms with van der Waals surface area (Å²) in [5.41, 5.74) is 2.11. The molecule has 0 spiro atoms. The Morgan fingerprint density at radius 2 is 2.31 bits per heavy atom. The number of hydrogen-bond donors (Lipinski definition) is 1. The lowest BCUT2D eigenvalue weighted by atomic mass is 10.3. The number of nitrogens with one attached hydrogen (secondary N) is 1. The lowest BCUT2D eigenvalue weighted by Crippen LogP contribution is -2.15. The van der Waals surface area contributed by atoms with Crippen LogP contribution >= 0.6 is 0 Å². The van der Waals surface area contributed by atoms with E-state index in [9.17, 15) is 0 Å². The number of aromatic nitrogens is 3. The van der Waals surface area contributed by atoms with Gasteiger partial charge in [0.25, 0.3) is 0 Å². The minimum absolute atomic E-state index is 0.715. The van der Waals surface area contributed by atoms with E-state index < -0.39 is 0 Å². The SMILES string of the molecule is CCn1cncc1CNCc1cc(C)on1. The van der Waals surface area contributed by atoms with E-state index >= 15 is 0 Å². The van der Waals surface area contributed by atoms with Gasteiger partial charge in [-0.3, -0.25) is 0 Å². The lowest BCUT2D eigenvalue weighted by molar-refractivity contribution is 0.388. The smallest absolute Gasteiger partial charge is 0.133 e. The van der Waals surface area contributed by atoms with E-state index in [0.29, 0.717) is 6.54 Å². The summed E-state index contributed by atoms with van der Waals surface area (Å²) in [6, 6.07) is 1.93.